The maximum absolute atomic E-state index is 11.8. The van der Waals surface area contributed by atoms with Crippen molar-refractivity contribution in [2.24, 2.45) is 0 Å². The van der Waals surface area contributed by atoms with E-state index in [4.69, 9.17) is 25.2 Å². The molecule has 0 spiro atoms. The smallest absolute Gasteiger partial charge is 0.387 e. The summed E-state index contributed by atoms with van der Waals surface area (Å²) in [5.74, 6) is -0.165. The number of hydrogen-bond acceptors (Lipinski definition) is 14. The molecule has 18 nitrogen and oxygen atoms in total. The van der Waals surface area contributed by atoms with E-state index in [1.807, 2.05) is 0 Å². The topological polar surface area (TPSA) is 279 Å². The van der Waals surface area contributed by atoms with Gasteiger partial charge < -0.3 is 40.3 Å². The van der Waals surface area contributed by atoms with Crippen molar-refractivity contribution in [2.75, 3.05) is 12.3 Å². The number of aliphatic hydroxyl groups is 2. The summed E-state index contributed by atoms with van der Waals surface area (Å²) in [6.45, 7) is -0.972. The molecule has 2 aromatic rings. The Morgan fingerprint density at radius 1 is 1.09 bits per heavy atom. The van der Waals surface area contributed by atoms with Crippen molar-refractivity contribution in [1.82, 2.24) is 19.5 Å². The van der Waals surface area contributed by atoms with Crippen LogP contribution in [-0.2, 0) is 31.6 Å². The normalized spacial score (nSPS) is 28.0. The first-order chi connectivity index (χ1) is 14.6. The molecule has 0 radical (unpaired) electrons. The van der Waals surface area contributed by atoms with Crippen LogP contribution in [0.25, 0.3) is 11.2 Å². The maximum Gasteiger partial charge on any atom is 0.490 e. The Balaban J connectivity index is 1.72. The van der Waals surface area contributed by atoms with E-state index in [0.717, 1.165) is 0 Å². The fraction of sp³-hybridized carbons (Fsp3) is 0.500. The molecule has 6 atom stereocenters. The molecule has 8 N–H and O–H groups in total. The lowest BCUT2D eigenvalue weighted by atomic mass is 10.1. The number of rotatable bonds is 8. The number of phosphoric ester groups is 1. The van der Waals surface area contributed by atoms with Gasteiger partial charge in [-0.3, -0.25) is 9.09 Å². The first-order valence-corrected chi connectivity index (χ1v) is 13.0. The highest BCUT2D eigenvalue weighted by atomic mass is 32.1. The van der Waals surface area contributed by atoms with Crippen molar-refractivity contribution in [3.63, 3.8) is 0 Å². The van der Waals surface area contributed by atoms with Crippen molar-refractivity contribution < 1.29 is 61.4 Å². The highest BCUT2D eigenvalue weighted by Crippen LogP contribution is 2.66. The Labute approximate surface area is 182 Å². The summed E-state index contributed by atoms with van der Waals surface area (Å²) >= 11 is 4.10. The molecule has 180 valence electrons. The van der Waals surface area contributed by atoms with Crippen LogP contribution in [0.5, 0.6) is 0 Å². The highest BCUT2D eigenvalue weighted by molar-refractivity contribution is 7.80. The van der Waals surface area contributed by atoms with Crippen molar-refractivity contribution in [2.45, 2.75) is 29.6 Å². The third-order valence-electron chi connectivity index (χ3n) is 3.85. The van der Waals surface area contributed by atoms with E-state index < -0.39 is 54.6 Å². The number of thiol groups is 1. The number of fused-ring (bicyclic) bond motifs is 1. The van der Waals surface area contributed by atoms with E-state index in [-0.39, 0.29) is 22.1 Å². The summed E-state index contributed by atoms with van der Waals surface area (Å²) in [6, 6.07) is 0. The van der Waals surface area contributed by atoms with Crippen LogP contribution in [0.15, 0.2) is 11.4 Å². The largest absolute Gasteiger partial charge is 0.490 e. The Morgan fingerprint density at radius 2 is 1.75 bits per heavy atom. The number of nitrogen functional groups attached to an aromatic ring is 1. The van der Waals surface area contributed by atoms with Gasteiger partial charge in [-0.25, -0.2) is 23.7 Å². The van der Waals surface area contributed by atoms with Gasteiger partial charge in [0.15, 0.2) is 11.9 Å². The highest BCUT2D eigenvalue weighted by Gasteiger charge is 2.47. The quantitative estimate of drug-likeness (QED) is 0.109. The fourth-order valence-corrected chi connectivity index (χ4v) is 5.96. The monoisotopic (exact) mass is 539 g/mol. The first-order valence-electron chi connectivity index (χ1n) is 8.07. The number of nitrogens with zero attached hydrogens (tertiary/aromatic N) is 4. The summed E-state index contributed by atoms with van der Waals surface area (Å²) in [7, 11) is -16.7. The number of hydrogen-bond donors (Lipinski definition) is 8. The molecule has 1 fully saturated rings. The molecule has 0 bridgehead atoms. The Hall–Kier alpha value is -1.01. The number of ether oxygens (including phenoxy) is 1. The predicted octanol–water partition coefficient (Wildman–Crippen LogP) is -1.34. The number of imidazole rings is 1. The van der Waals surface area contributed by atoms with Gasteiger partial charge in [-0.2, -0.15) is 13.6 Å². The molecule has 4 unspecified atom stereocenters. The molecule has 1 aliphatic rings. The Morgan fingerprint density at radius 3 is 2.38 bits per heavy atom. The predicted molar refractivity (Wildman–Crippen MR) is 103 cm³/mol. The van der Waals surface area contributed by atoms with Gasteiger partial charge in [0.05, 0.1) is 12.9 Å². The van der Waals surface area contributed by atoms with E-state index in [1.54, 1.807) is 0 Å². The van der Waals surface area contributed by atoms with E-state index in [1.165, 1.54) is 10.9 Å². The number of phosphoric acid groups is 3. The first kappa shape index (κ1) is 25.6. The van der Waals surface area contributed by atoms with Gasteiger partial charge >= 0.3 is 23.5 Å². The number of anilines is 1. The third-order valence-corrected chi connectivity index (χ3v) is 7.96. The van der Waals surface area contributed by atoms with E-state index in [2.05, 4.69) is 40.7 Å². The van der Waals surface area contributed by atoms with Crippen molar-refractivity contribution in [3.8, 4) is 0 Å². The molecule has 0 aliphatic carbocycles. The van der Waals surface area contributed by atoms with E-state index in [9.17, 15) is 28.8 Å². The van der Waals surface area contributed by atoms with Gasteiger partial charge in [0, 0.05) is 0 Å². The summed E-state index contributed by atoms with van der Waals surface area (Å²) in [5.41, 5.74) is 5.85. The minimum atomic E-state index is -5.71. The zero-order valence-corrected chi connectivity index (χ0v) is 18.9. The van der Waals surface area contributed by atoms with Crippen molar-refractivity contribution in [1.29, 1.82) is 0 Å². The Bertz CT molecular complexity index is 1160. The second-order valence-electron chi connectivity index (χ2n) is 6.16. The second kappa shape index (κ2) is 8.98. The number of aliphatic hydroxyl groups excluding tert-OH is 2. The molecule has 2 aromatic heterocycles. The minimum absolute atomic E-state index is 0.0901. The van der Waals surface area contributed by atoms with Crippen LogP contribution in [-0.4, -0.2) is 74.2 Å². The van der Waals surface area contributed by atoms with E-state index >= 15 is 0 Å². The average Bonchev–Trinajstić information content (AvgIpc) is 3.12. The summed E-state index contributed by atoms with van der Waals surface area (Å²) in [6.07, 6.45) is -4.94. The summed E-state index contributed by atoms with van der Waals surface area (Å²) < 4.78 is 51.9. The SMILES string of the molecule is Nc1nc(S)c2ncn([C@@H]3O[C@H](COP(=O)(O)OP(=O)(O)OP(=O)(O)O)C(O)C3O)c2n1. The van der Waals surface area contributed by atoms with Crippen LogP contribution in [0.3, 0.4) is 0 Å². The number of aromatic nitrogens is 4. The molecule has 0 amide bonds. The van der Waals surface area contributed by atoms with Crippen LogP contribution in [0, 0.1) is 0 Å². The van der Waals surface area contributed by atoms with Crippen LogP contribution < -0.4 is 5.73 Å². The molecule has 0 aromatic carbocycles. The fourth-order valence-electron chi connectivity index (χ4n) is 2.67. The lowest BCUT2D eigenvalue weighted by Gasteiger charge is -2.19. The van der Waals surface area contributed by atoms with Crippen LogP contribution >= 0.6 is 36.1 Å². The van der Waals surface area contributed by atoms with Gasteiger partial charge in [-0.15, -0.1) is 12.6 Å². The van der Waals surface area contributed by atoms with Crippen LogP contribution in [0.1, 0.15) is 6.23 Å². The molecule has 22 heteroatoms. The van der Waals surface area contributed by atoms with Gasteiger partial charge in [0.2, 0.25) is 5.95 Å². The third kappa shape index (κ3) is 5.91. The molecular formula is C10H16N5O13P3S. The summed E-state index contributed by atoms with van der Waals surface area (Å²) in [5, 5.41) is 20.6. The molecule has 0 saturated carbocycles. The van der Waals surface area contributed by atoms with Gasteiger partial charge in [-0.1, -0.05) is 0 Å². The van der Waals surface area contributed by atoms with Gasteiger partial charge in [0.25, 0.3) is 0 Å². The van der Waals surface area contributed by atoms with Crippen LogP contribution in [0.4, 0.5) is 5.95 Å². The molecule has 3 rings (SSSR count). The molecule has 3 heterocycles. The summed E-state index contributed by atoms with van der Waals surface area (Å²) in [4.78, 5) is 47.4. The maximum atomic E-state index is 11.8. The molecule has 32 heavy (non-hydrogen) atoms. The van der Waals surface area contributed by atoms with Gasteiger partial charge in [-0.05, 0) is 0 Å². The number of nitrogens with two attached hydrogens (primary N) is 1. The van der Waals surface area contributed by atoms with Crippen molar-refractivity contribution >= 4 is 53.2 Å². The zero-order chi connectivity index (χ0) is 24.1. The van der Waals surface area contributed by atoms with Crippen LogP contribution in [0.2, 0.25) is 0 Å². The Kier molecular flexibility index (Phi) is 7.18. The second-order valence-corrected chi connectivity index (χ2v) is 11.0. The lowest BCUT2D eigenvalue weighted by Crippen LogP contribution is -2.33. The molecule has 1 aliphatic heterocycles. The minimum Gasteiger partial charge on any atom is -0.387 e. The van der Waals surface area contributed by atoms with Crippen molar-refractivity contribution in [3.05, 3.63) is 6.33 Å². The standard InChI is InChI=1S/C10H16N5O13P3S/c11-10-13-7-4(8(32)14-10)12-2-15(7)9-6(17)5(16)3(26-9)1-25-30(21,22)28-31(23,24)27-29(18,19)20/h2-3,5-6,9,16-17H,1H2,(H,21,22)(H,23,24)(H2,18,19,20)(H3,11,13,14,32)/t3-,5?,6?,9-/m1/s1. The lowest BCUT2D eigenvalue weighted by molar-refractivity contribution is -0.0503. The zero-order valence-electron chi connectivity index (χ0n) is 15.3. The molecule has 1 saturated heterocycles. The van der Waals surface area contributed by atoms with Gasteiger partial charge in [0.1, 0.15) is 28.9 Å². The molecular weight excluding hydrogens is 523 g/mol. The van der Waals surface area contributed by atoms with E-state index in [0.29, 0.717) is 0 Å². The average molecular weight is 539 g/mol.